The number of amides is 1. The van der Waals surface area contributed by atoms with Crippen molar-refractivity contribution in [3.8, 4) is 5.75 Å². The Hall–Kier alpha value is -1.55. The highest BCUT2D eigenvalue weighted by Crippen LogP contribution is 2.08. The van der Waals surface area contributed by atoms with Gasteiger partial charge in [-0.15, -0.1) is 0 Å². The van der Waals surface area contributed by atoms with Crippen molar-refractivity contribution in [1.29, 1.82) is 0 Å². The van der Waals surface area contributed by atoms with Gasteiger partial charge in [-0.05, 0) is 18.6 Å². The summed E-state index contributed by atoms with van der Waals surface area (Å²) >= 11 is 0. The Labute approximate surface area is 95.2 Å². The van der Waals surface area contributed by atoms with E-state index in [4.69, 9.17) is 9.84 Å². The Balaban J connectivity index is 2.06. The summed E-state index contributed by atoms with van der Waals surface area (Å²) in [6, 6.07) is 9.50. The zero-order chi connectivity index (χ0) is 11.6. The lowest BCUT2D eigenvalue weighted by Crippen LogP contribution is -2.26. The Kier molecular flexibility index (Phi) is 6.03. The second-order valence-electron chi connectivity index (χ2n) is 3.34. The van der Waals surface area contributed by atoms with Gasteiger partial charge in [-0.3, -0.25) is 4.79 Å². The Morgan fingerprint density at radius 3 is 2.75 bits per heavy atom. The Bertz CT molecular complexity index is 300. The van der Waals surface area contributed by atoms with Crippen LogP contribution in [0, 0.1) is 0 Å². The average Bonchev–Trinajstić information content (AvgIpc) is 2.33. The van der Waals surface area contributed by atoms with E-state index in [2.05, 4.69) is 5.32 Å². The molecular formula is C12H17NO3. The molecule has 16 heavy (non-hydrogen) atoms. The molecule has 1 aromatic rings. The molecule has 0 aliphatic heterocycles. The zero-order valence-corrected chi connectivity index (χ0v) is 9.19. The number of hydrogen-bond donors (Lipinski definition) is 2. The summed E-state index contributed by atoms with van der Waals surface area (Å²) in [6.45, 7) is 0.821. The van der Waals surface area contributed by atoms with Gasteiger partial charge in [0.15, 0.2) is 0 Å². The highest BCUT2D eigenvalue weighted by atomic mass is 16.5. The highest BCUT2D eigenvalue weighted by molar-refractivity contribution is 5.75. The number of hydrogen-bond acceptors (Lipinski definition) is 3. The molecule has 0 aliphatic carbocycles. The first-order chi connectivity index (χ1) is 7.83. The second-order valence-corrected chi connectivity index (χ2v) is 3.34. The van der Waals surface area contributed by atoms with E-state index in [9.17, 15) is 4.79 Å². The van der Waals surface area contributed by atoms with Crippen molar-refractivity contribution in [3.63, 3.8) is 0 Å². The molecule has 0 aromatic heterocycles. The number of nitrogens with one attached hydrogen (secondary N) is 1. The molecular weight excluding hydrogens is 206 g/mol. The maximum Gasteiger partial charge on any atom is 0.220 e. The van der Waals surface area contributed by atoms with E-state index in [1.54, 1.807) is 0 Å². The first-order valence-corrected chi connectivity index (χ1v) is 5.38. The fourth-order valence-corrected chi connectivity index (χ4v) is 1.22. The lowest BCUT2D eigenvalue weighted by Gasteiger charge is -2.05. The van der Waals surface area contributed by atoms with Crippen LogP contribution in [0.25, 0.3) is 0 Å². The first-order valence-electron chi connectivity index (χ1n) is 5.38. The summed E-state index contributed by atoms with van der Waals surface area (Å²) in [6.07, 6.45) is 1.10. The Morgan fingerprint density at radius 1 is 1.31 bits per heavy atom. The standard InChI is InChI=1S/C12H17NO3/c14-9-8-13-12(15)7-4-10-16-11-5-2-1-3-6-11/h1-3,5-6,14H,4,7-10H2,(H,13,15). The summed E-state index contributed by atoms with van der Waals surface area (Å²) in [7, 11) is 0. The number of aliphatic hydroxyl groups is 1. The summed E-state index contributed by atoms with van der Waals surface area (Å²) in [5, 5.41) is 11.1. The molecule has 0 aliphatic rings. The normalized spacial score (nSPS) is 9.81. The Morgan fingerprint density at radius 2 is 2.06 bits per heavy atom. The van der Waals surface area contributed by atoms with Gasteiger partial charge in [0.25, 0.3) is 0 Å². The molecule has 1 aromatic carbocycles. The SMILES string of the molecule is O=C(CCCOc1ccccc1)NCCO. The van der Waals surface area contributed by atoms with Crippen LogP contribution in [-0.4, -0.2) is 30.8 Å². The number of para-hydroxylation sites is 1. The topological polar surface area (TPSA) is 58.6 Å². The van der Waals surface area contributed by atoms with Crippen LogP contribution < -0.4 is 10.1 Å². The molecule has 0 radical (unpaired) electrons. The molecule has 4 heteroatoms. The number of ether oxygens (including phenoxy) is 1. The molecule has 1 amide bonds. The van der Waals surface area contributed by atoms with E-state index in [-0.39, 0.29) is 12.5 Å². The largest absolute Gasteiger partial charge is 0.494 e. The molecule has 0 atom stereocenters. The molecule has 0 heterocycles. The van der Waals surface area contributed by atoms with Crippen LogP contribution in [0.4, 0.5) is 0 Å². The van der Waals surface area contributed by atoms with E-state index in [0.717, 1.165) is 5.75 Å². The fourth-order valence-electron chi connectivity index (χ4n) is 1.22. The van der Waals surface area contributed by atoms with E-state index in [0.29, 0.717) is 26.0 Å². The molecule has 0 spiro atoms. The van der Waals surface area contributed by atoms with E-state index < -0.39 is 0 Å². The average molecular weight is 223 g/mol. The molecule has 0 saturated heterocycles. The molecule has 88 valence electrons. The number of benzene rings is 1. The number of carbonyl (C=O) groups excluding carboxylic acids is 1. The van der Waals surface area contributed by atoms with Gasteiger partial charge in [-0.1, -0.05) is 18.2 Å². The van der Waals surface area contributed by atoms with Gasteiger partial charge in [-0.25, -0.2) is 0 Å². The predicted molar refractivity (Wildman–Crippen MR) is 61.3 cm³/mol. The summed E-state index contributed by atoms with van der Waals surface area (Å²) < 4.78 is 5.43. The molecule has 0 fully saturated rings. The molecule has 4 nitrogen and oxygen atoms in total. The summed E-state index contributed by atoms with van der Waals surface area (Å²) in [5.41, 5.74) is 0. The van der Waals surface area contributed by atoms with E-state index in [1.807, 2.05) is 30.3 Å². The minimum atomic E-state index is -0.0503. The molecule has 0 saturated carbocycles. The van der Waals surface area contributed by atoms with E-state index in [1.165, 1.54) is 0 Å². The maximum absolute atomic E-state index is 11.1. The van der Waals surface area contributed by atoms with Gasteiger partial charge in [0.05, 0.1) is 13.2 Å². The van der Waals surface area contributed by atoms with Crippen molar-refractivity contribution in [1.82, 2.24) is 5.32 Å². The number of rotatable bonds is 7. The highest BCUT2D eigenvalue weighted by Gasteiger charge is 1.99. The van der Waals surface area contributed by atoms with Crippen molar-refractivity contribution < 1.29 is 14.6 Å². The molecule has 0 unspecified atom stereocenters. The minimum Gasteiger partial charge on any atom is -0.494 e. The molecule has 2 N–H and O–H groups in total. The van der Waals surface area contributed by atoms with Crippen LogP contribution >= 0.6 is 0 Å². The summed E-state index contributed by atoms with van der Waals surface area (Å²) in [5.74, 6) is 0.768. The lowest BCUT2D eigenvalue weighted by molar-refractivity contribution is -0.121. The number of carbonyl (C=O) groups is 1. The monoisotopic (exact) mass is 223 g/mol. The van der Waals surface area contributed by atoms with Gasteiger partial charge in [-0.2, -0.15) is 0 Å². The van der Waals surface area contributed by atoms with Crippen LogP contribution in [0.15, 0.2) is 30.3 Å². The third-order valence-corrected chi connectivity index (χ3v) is 1.99. The van der Waals surface area contributed by atoms with Crippen molar-refractivity contribution >= 4 is 5.91 Å². The quantitative estimate of drug-likeness (QED) is 0.677. The molecule has 0 bridgehead atoms. The van der Waals surface area contributed by atoms with Gasteiger partial charge in [0, 0.05) is 13.0 Å². The lowest BCUT2D eigenvalue weighted by atomic mass is 10.3. The second kappa shape index (κ2) is 7.70. The van der Waals surface area contributed by atoms with Gasteiger partial charge in [0.2, 0.25) is 5.91 Å². The van der Waals surface area contributed by atoms with Crippen LogP contribution in [0.5, 0.6) is 5.75 Å². The summed E-state index contributed by atoms with van der Waals surface area (Å²) in [4.78, 5) is 11.1. The zero-order valence-electron chi connectivity index (χ0n) is 9.19. The fraction of sp³-hybridized carbons (Fsp3) is 0.417. The third-order valence-electron chi connectivity index (χ3n) is 1.99. The van der Waals surface area contributed by atoms with Gasteiger partial charge < -0.3 is 15.2 Å². The van der Waals surface area contributed by atoms with Crippen molar-refractivity contribution in [2.24, 2.45) is 0 Å². The van der Waals surface area contributed by atoms with Crippen LogP contribution in [0.2, 0.25) is 0 Å². The predicted octanol–water partition coefficient (Wildman–Crippen LogP) is 0.954. The number of aliphatic hydroxyl groups excluding tert-OH is 1. The van der Waals surface area contributed by atoms with E-state index >= 15 is 0 Å². The smallest absolute Gasteiger partial charge is 0.220 e. The van der Waals surface area contributed by atoms with Crippen molar-refractivity contribution in [2.75, 3.05) is 19.8 Å². The van der Waals surface area contributed by atoms with Crippen LogP contribution in [0.3, 0.4) is 0 Å². The van der Waals surface area contributed by atoms with Crippen LogP contribution in [-0.2, 0) is 4.79 Å². The third kappa shape index (κ3) is 5.36. The van der Waals surface area contributed by atoms with Gasteiger partial charge in [0.1, 0.15) is 5.75 Å². The maximum atomic E-state index is 11.1. The minimum absolute atomic E-state index is 0.0216. The van der Waals surface area contributed by atoms with Gasteiger partial charge >= 0.3 is 0 Å². The first kappa shape index (κ1) is 12.5. The van der Waals surface area contributed by atoms with Crippen LogP contribution in [0.1, 0.15) is 12.8 Å². The van der Waals surface area contributed by atoms with Crippen molar-refractivity contribution in [2.45, 2.75) is 12.8 Å². The molecule has 1 rings (SSSR count). The van der Waals surface area contributed by atoms with Crippen molar-refractivity contribution in [3.05, 3.63) is 30.3 Å².